The normalized spacial score (nSPS) is 16.3. The Morgan fingerprint density at radius 1 is 1.05 bits per heavy atom. The Balaban J connectivity index is 1.24. The summed E-state index contributed by atoms with van der Waals surface area (Å²) in [5.41, 5.74) is 2.78. The van der Waals surface area contributed by atoms with E-state index in [0.29, 0.717) is 57.0 Å². The van der Waals surface area contributed by atoms with Gasteiger partial charge in [0.05, 0.1) is 17.7 Å². The molecule has 2 heterocycles. The molecule has 0 bridgehead atoms. The van der Waals surface area contributed by atoms with E-state index in [0.717, 1.165) is 12.2 Å². The fourth-order valence-electron chi connectivity index (χ4n) is 4.23. The molecule has 2 aliphatic heterocycles. The molecule has 1 atom stereocenters. The maximum absolute atomic E-state index is 12.9. The molecule has 8 nitrogen and oxygen atoms in total. The van der Waals surface area contributed by atoms with Crippen LogP contribution in [0.15, 0.2) is 82.4 Å². The highest BCUT2D eigenvalue weighted by atomic mass is 35.5. The van der Waals surface area contributed by atoms with E-state index in [2.05, 4.69) is 36.1 Å². The van der Waals surface area contributed by atoms with E-state index >= 15 is 0 Å². The van der Waals surface area contributed by atoms with E-state index in [1.165, 1.54) is 22.3 Å². The average Bonchev–Trinajstić information content (AvgIpc) is 3.41. The quantitative estimate of drug-likeness (QED) is 0.203. The smallest absolute Gasteiger partial charge is 0.283 e. The standard InChI is InChI=1S/C31H29ClN4O4S/c1-4-19(2)21-10-12-22(13-11-21)39-15-16-40-26-14-9-20(18-27(26)38-3)17-24-28(33)36-31(34-29(24)37)41-30(35-36)23-7-5-6-8-25(23)32/h5-14,17-19,33H,4,15-16H2,1-3H3/b24-17-,33-28?. The van der Waals surface area contributed by atoms with Gasteiger partial charge in [-0.1, -0.05) is 61.8 Å². The first-order chi connectivity index (χ1) is 19.9. The lowest BCUT2D eigenvalue weighted by Gasteiger charge is -2.20. The van der Waals surface area contributed by atoms with Crippen molar-refractivity contribution in [3.05, 3.63) is 94.0 Å². The van der Waals surface area contributed by atoms with Crippen LogP contribution in [-0.4, -0.2) is 47.3 Å². The summed E-state index contributed by atoms with van der Waals surface area (Å²) < 4.78 is 17.2. The number of amides is 1. The molecule has 0 fully saturated rings. The zero-order chi connectivity index (χ0) is 28.9. The molecule has 0 aliphatic carbocycles. The third kappa shape index (κ3) is 6.31. The number of methoxy groups -OCH3 is 1. The molecule has 0 spiro atoms. The number of benzene rings is 3. The van der Waals surface area contributed by atoms with Crippen LogP contribution in [0, 0.1) is 5.41 Å². The predicted octanol–water partition coefficient (Wildman–Crippen LogP) is 6.99. The SMILES string of the molecule is CCC(C)c1ccc(OCCOc2ccc(/C=C3/C(=N)N4N=C(c5ccccc5Cl)SC4=NC3=O)cc2OC)cc1. The van der Waals surface area contributed by atoms with Crippen molar-refractivity contribution in [1.29, 1.82) is 5.41 Å². The largest absolute Gasteiger partial charge is 0.493 e. The first kappa shape index (κ1) is 28.4. The number of aliphatic imine (C=N–C) groups is 1. The lowest BCUT2D eigenvalue weighted by atomic mass is 9.99. The van der Waals surface area contributed by atoms with Crippen LogP contribution in [0.5, 0.6) is 17.2 Å². The number of halogens is 1. The molecule has 0 saturated carbocycles. The van der Waals surface area contributed by atoms with Crippen molar-refractivity contribution in [1.82, 2.24) is 5.01 Å². The molecule has 0 saturated heterocycles. The van der Waals surface area contributed by atoms with Gasteiger partial charge in [0, 0.05) is 5.56 Å². The predicted molar refractivity (Wildman–Crippen MR) is 165 cm³/mol. The van der Waals surface area contributed by atoms with E-state index in [1.807, 2.05) is 30.3 Å². The summed E-state index contributed by atoms with van der Waals surface area (Å²) in [6.45, 7) is 5.07. The highest BCUT2D eigenvalue weighted by Gasteiger charge is 2.36. The van der Waals surface area contributed by atoms with Crippen molar-refractivity contribution in [2.45, 2.75) is 26.2 Å². The van der Waals surface area contributed by atoms with Crippen molar-refractivity contribution in [3.8, 4) is 17.2 Å². The first-order valence-electron chi connectivity index (χ1n) is 13.2. The lowest BCUT2D eigenvalue weighted by molar-refractivity contribution is -0.114. The Hall–Kier alpha value is -4.08. The fourth-order valence-corrected chi connectivity index (χ4v) is 5.45. The summed E-state index contributed by atoms with van der Waals surface area (Å²) in [5, 5.41) is 15.9. The summed E-state index contributed by atoms with van der Waals surface area (Å²) in [4.78, 5) is 17.0. The van der Waals surface area contributed by atoms with Crippen molar-refractivity contribution in [2.75, 3.05) is 20.3 Å². The topological polar surface area (TPSA) is 96.6 Å². The van der Waals surface area contributed by atoms with Crippen molar-refractivity contribution >= 4 is 51.4 Å². The van der Waals surface area contributed by atoms with Crippen molar-refractivity contribution < 1.29 is 19.0 Å². The number of carbonyl (C=O) groups excluding carboxylic acids is 1. The Labute approximate surface area is 248 Å². The molecule has 1 amide bonds. The van der Waals surface area contributed by atoms with E-state index in [-0.39, 0.29) is 11.4 Å². The van der Waals surface area contributed by atoms with Crippen molar-refractivity contribution in [3.63, 3.8) is 0 Å². The van der Waals surface area contributed by atoms with E-state index in [9.17, 15) is 4.79 Å². The van der Waals surface area contributed by atoms with Gasteiger partial charge in [0.1, 0.15) is 24.0 Å². The second-order valence-electron chi connectivity index (χ2n) is 9.39. The Kier molecular flexibility index (Phi) is 8.75. The Morgan fingerprint density at radius 2 is 1.80 bits per heavy atom. The van der Waals surface area contributed by atoms with Crippen LogP contribution < -0.4 is 14.2 Å². The Morgan fingerprint density at radius 3 is 2.54 bits per heavy atom. The average molecular weight is 589 g/mol. The molecule has 1 N–H and O–H groups in total. The third-order valence-electron chi connectivity index (χ3n) is 6.73. The lowest BCUT2D eigenvalue weighted by Crippen LogP contribution is -2.35. The van der Waals surface area contributed by atoms with Gasteiger partial charge < -0.3 is 14.2 Å². The van der Waals surface area contributed by atoms with Gasteiger partial charge in [0.2, 0.25) is 5.17 Å². The Bertz CT molecular complexity index is 1570. The van der Waals surface area contributed by atoms with Crippen LogP contribution in [0.1, 0.15) is 42.9 Å². The zero-order valence-electron chi connectivity index (χ0n) is 22.9. The molecule has 0 aromatic heterocycles. The number of thioether (sulfide) groups is 1. The number of fused-ring (bicyclic) bond motifs is 1. The maximum Gasteiger partial charge on any atom is 0.283 e. The van der Waals surface area contributed by atoms with E-state index in [4.69, 9.17) is 31.2 Å². The summed E-state index contributed by atoms with van der Waals surface area (Å²) in [6, 6.07) is 20.7. The number of nitrogens with zero attached hydrogens (tertiary/aromatic N) is 3. The minimum atomic E-state index is -0.516. The van der Waals surface area contributed by atoms with Gasteiger partial charge in [-0.3, -0.25) is 10.2 Å². The molecule has 0 radical (unpaired) electrons. The maximum atomic E-state index is 12.9. The number of carbonyl (C=O) groups is 1. The molecule has 3 aromatic carbocycles. The van der Waals surface area contributed by atoms with Gasteiger partial charge in [-0.25, -0.2) is 0 Å². The first-order valence-corrected chi connectivity index (χ1v) is 14.4. The molecular weight excluding hydrogens is 560 g/mol. The molecule has 10 heteroatoms. The van der Waals surface area contributed by atoms with Crippen LogP contribution in [-0.2, 0) is 4.79 Å². The molecule has 2 aliphatic rings. The van der Waals surface area contributed by atoms with Gasteiger partial charge in [-0.2, -0.15) is 15.1 Å². The number of hydrogen-bond donors (Lipinski definition) is 1. The molecule has 1 unspecified atom stereocenters. The van der Waals surface area contributed by atoms with Crippen LogP contribution >= 0.6 is 23.4 Å². The number of rotatable bonds is 10. The zero-order valence-corrected chi connectivity index (χ0v) is 24.5. The number of hydrogen-bond acceptors (Lipinski definition) is 7. The minimum absolute atomic E-state index is 0.0665. The minimum Gasteiger partial charge on any atom is -0.493 e. The second kappa shape index (κ2) is 12.6. The number of hydrazone groups is 1. The van der Waals surface area contributed by atoms with Gasteiger partial charge in [-0.15, -0.1) is 0 Å². The van der Waals surface area contributed by atoms with Crippen LogP contribution in [0.4, 0.5) is 0 Å². The number of amidine groups is 2. The summed E-state index contributed by atoms with van der Waals surface area (Å²) in [5.74, 6) is 1.76. The monoisotopic (exact) mass is 588 g/mol. The van der Waals surface area contributed by atoms with Gasteiger partial charge in [-0.05, 0) is 71.6 Å². The van der Waals surface area contributed by atoms with Crippen LogP contribution in [0.3, 0.4) is 0 Å². The summed E-state index contributed by atoms with van der Waals surface area (Å²) in [7, 11) is 1.55. The highest BCUT2D eigenvalue weighted by molar-refractivity contribution is 8.27. The molecule has 5 rings (SSSR count). The molecule has 210 valence electrons. The fraction of sp³-hybridized carbons (Fsp3) is 0.226. The van der Waals surface area contributed by atoms with E-state index in [1.54, 1.807) is 37.5 Å². The molecule has 3 aromatic rings. The van der Waals surface area contributed by atoms with Gasteiger partial charge in [0.25, 0.3) is 5.91 Å². The summed E-state index contributed by atoms with van der Waals surface area (Å²) in [6.07, 6.45) is 2.69. The molecular formula is C31H29ClN4O4S. The van der Waals surface area contributed by atoms with Crippen LogP contribution in [0.25, 0.3) is 6.08 Å². The van der Waals surface area contributed by atoms with Gasteiger partial charge in [0.15, 0.2) is 17.3 Å². The number of ether oxygens (including phenoxy) is 3. The van der Waals surface area contributed by atoms with E-state index < -0.39 is 5.91 Å². The highest BCUT2D eigenvalue weighted by Crippen LogP contribution is 2.34. The van der Waals surface area contributed by atoms with Crippen molar-refractivity contribution in [2.24, 2.45) is 10.1 Å². The third-order valence-corrected chi connectivity index (χ3v) is 8.00. The van der Waals surface area contributed by atoms with Gasteiger partial charge >= 0.3 is 0 Å². The second-order valence-corrected chi connectivity index (χ2v) is 10.8. The van der Waals surface area contributed by atoms with Crippen LogP contribution in [0.2, 0.25) is 5.02 Å². The number of nitrogens with one attached hydrogen (secondary N) is 1. The molecule has 41 heavy (non-hydrogen) atoms. The summed E-state index contributed by atoms with van der Waals surface area (Å²) >= 11 is 7.52.